The van der Waals surface area contributed by atoms with Gasteiger partial charge in [-0.25, -0.2) is 0 Å². The first-order chi connectivity index (χ1) is 9.81. The van der Waals surface area contributed by atoms with Gasteiger partial charge in [-0.05, 0) is 69.1 Å². The zero-order valence-corrected chi connectivity index (χ0v) is 12.9. The maximum Gasteiger partial charge on any atom is 0.118 e. The normalized spacial score (nSPS) is 17.3. The van der Waals surface area contributed by atoms with E-state index < -0.39 is 0 Å². The SMILES string of the molecule is CCCNCC1CCN(Cc2ccc(OC)cc2)CC1. The highest BCUT2D eigenvalue weighted by atomic mass is 16.5. The minimum Gasteiger partial charge on any atom is -0.497 e. The van der Waals surface area contributed by atoms with Crippen molar-refractivity contribution in [3.8, 4) is 5.75 Å². The molecule has 0 amide bonds. The quantitative estimate of drug-likeness (QED) is 0.775. The molecule has 0 aromatic heterocycles. The Morgan fingerprint density at radius 3 is 2.50 bits per heavy atom. The maximum absolute atomic E-state index is 5.20. The second-order valence-electron chi connectivity index (χ2n) is 5.77. The third kappa shape index (κ3) is 4.80. The minimum atomic E-state index is 0.869. The molecule has 0 saturated carbocycles. The van der Waals surface area contributed by atoms with Crippen LogP contribution >= 0.6 is 0 Å². The predicted molar refractivity (Wildman–Crippen MR) is 84.2 cm³/mol. The van der Waals surface area contributed by atoms with E-state index in [0.717, 1.165) is 24.8 Å². The highest BCUT2D eigenvalue weighted by molar-refractivity contribution is 5.27. The van der Waals surface area contributed by atoms with Crippen molar-refractivity contribution in [2.75, 3.05) is 33.3 Å². The molecule has 0 atom stereocenters. The van der Waals surface area contributed by atoms with Gasteiger partial charge in [0.2, 0.25) is 0 Å². The fourth-order valence-corrected chi connectivity index (χ4v) is 2.82. The molecule has 0 unspecified atom stereocenters. The number of likely N-dealkylation sites (tertiary alicyclic amines) is 1. The van der Waals surface area contributed by atoms with Crippen LogP contribution in [-0.4, -0.2) is 38.2 Å². The molecule has 1 fully saturated rings. The molecule has 3 nitrogen and oxygen atoms in total. The van der Waals surface area contributed by atoms with Crippen LogP contribution in [0.3, 0.4) is 0 Å². The van der Waals surface area contributed by atoms with E-state index in [1.807, 2.05) is 0 Å². The van der Waals surface area contributed by atoms with Gasteiger partial charge in [0.25, 0.3) is 0 Å². The van der Waals surface area contributed by atoms with Gasteiger partial charge < -0.3 is 10.1 Å². The van der Waals surface area contributed by atoms with Gasteiger partial charge in [-0.15, -0.1) is 0 Å². The summed E-state index contributed by atoms with van der Waals surface area (Å²) >= 11 is 0. The number of rotatable bonds is 7. The minimum absolute atomic E-state index is 0.869. The molecule has 1 N–H and O–H groups in total. The van der Waals surface area contributed by atoms with Gasteiger partial charge in [-0.1, -0.05) is 19.1 Å². The Balaban J connectivity index is 1.70. The molecule has 0 radical (unpaired) electrons. The van der Waals surface area contributed by atoms with E-state index in [9.17, 15) is 0 Å². The lowest BCUT2D eigenvalue weighted by molar-refractivity contribution is 0.175. The highest BCUT2D eigenvalue weighted by Crippen LogP contribution is 2.19. The van der Waals surface area contributed by atoms with Crippen LogP contribution in [0.1, 0.15) is 31.7 Å². The third-order valence-corrected chi connectivity index (χ3v) is 4.13. The van der Waals surface area contributed by atoms with Gasteiger partial charge in [0.05, 0.1) is 7.11 Å². The smallest absolute Gasteiger partial charge is 0.118 e. The topological polar surface area (TPSA) is 24.5 Å². The fraction of sp³-hybridized carbons (Fsp3) is 0.647. The second-order valence-corrected chi connectivity index (χ2v) is 5.77. The van der Waals surface area contributed by atoms with Gasteiger partial charge >= 0.3 is 0 Å². The molecule has 20 heavy (non-hydrogen) atoms. The number of benzene rings is 1. The first-order valence-electron chi connectivity index (χ1n) is 7.87. The third-order valence-electron chi connectivity index (χ3n) is 4.13. The molecular formula is C17H28N2O. The molecule has 1 aromatic carbocycles. The van der Waals surface area contributed by atoms with Gasteiger partial charge in [0, 0.05) is 6.54 Å². The molecule has 1 aliphatic rings. The van der Waals surface area contributed by atoms with Crippen LogP contribution in [0.4, 0.5) is 0 Å². The number of ether oxygens (including phenoxy) is 1. The Morgan fingerprint density at radius 1 is 1.20 bits per heavy atom. The molecule has 0 spiro atoms. The summed E-state index contributed by atoms with van der Waals surface area (Å²) in [7, 11) is 1.71. The molecule has 1 aromatic rings. The Bertz CT molecular complexity index is 369. The molecule has 112 valence electrons. The highest BCUT2D eigenvalue weighted by Gasteiger charge is 2.18. The molecular weight excluding hydrogens is 248 g/mol. The Hall–Kier alpha value is -1.06. The number of nitrogens with zero attached hydrogens (tertiary/aromatic N) is 1. The van der Waals surface area contributed by atoms with E-state index in [1.54, 1.807) is 7.11 Å². The van der Waals surface area contributed by atoms with Crippen LogP contribution in [0.15, 0.2) is 24.3 Å². The van der Waals surface area contributed by atoms with Crippen molar-refractivity contribution in [3.05, 3.63) is 29.8 Å². The van der Waals surface area contributed by atoms with Gasteiger partial charge in [-0.3, -0.25) is 4.90 Å². The van der Waals surface area contributed by atoms with Crippen LogP contribution in [0, 0.1) is 5.92 Å². The van der Waals surface area contributed by atoms with Crippen LogP contribution in [-0.2, 0) is 6.54 Å². The molecule has 2 rings (SSSR count). The summed E-state index contributed by atoms with van der Waals surface area (Å²) in [5.74, 6) is 1.81. The summed E-state index contributed by atoms with van der Waals surface area (Å²) < 4.78 is 5.20. The number of nitrogens with one attached hydrogen (secondary N) is 1. The van der Waals surface area contributed by atoms with E-state index in [-0.39, 0.29) is 0 Å². The molecule has 3 heteroatoms. The van der Waals surface area contributed by atoms with E-state index >= 15 is 0 Å². The van der Waals surface area contributed by atoms with Crippen molar-refractivity contribution in [2.45, 2.75) is 32.7 Å². The average Bonchev–Trinajstić information content (AvgIpc) is 2.50. The van der Waals surface area contributed by atoms with Crippen LogP contribution in [0.25, 0.3) is 0 Å². The summed E-state index contributed by atoms with van der Waals surface area (Å²) in [5, 5.41) is 3.55. The number of hydrogen-bond donors (Lipinski definition) is 1. The predicted octanol–water partition coefficient (Wildman–Crippen LogP) is 2.91. The fourth-order valence-electron chi connectivity index (χ4n) is 2.82. The number of methoxy groups -OCH3 is 1. The average molecular weight is 276 g/mol. The second kappa shape index (κ2) is 8.28. The zero-order chi connectivity index (χ0) is 14.2. The molecule has 1 heterocycles. The van der Waals surface area contributed by atoms with E-state index in [2.05, 4.69) is 41.4 Å². The summed E-state index contributed by atoms with van der Waals surface area (Å²) in [6, 6.07) is 8.45. The van der Waals surface area contributed by atoms with E-state index in [0.29, 0.717) is 0 Å². The lowest BCUT2D eigenvalue weighted by Gasteiger charge is -2.32. The van der Waals surface area contributed by atoms with Crippen LogP contribution in [0.5, 0.6) is 5.75 Å². The van der Waals surface area contributed by atoms with Crippen molar-refractivity contribution in [1.29, 1.82) is 0 Å². The number of hydrogen-bond acceptors (Lipinski definition) is 3. The first-order valence-corrected chi connectivity index (χ1v) is 7.87. The van der Waals surface area contributed by atoms with Crippen molar-refractivity contribution >= 4 is 0 Å². The molecule has 0 aliphatic carbocycles. The van der Waals surface area contributed by atoms with E-state index in [4.69, 9.17) is 4.74 Å². The summed E-state index contributed by atoms with van der Waals surface area (Å²) in [6.45, 7) is 8.11. The zero-order valence-electron chi connectivity index (χ0n) is 12.9. The van der Waals surface area contributed by atoms with Crippen molar-refractivity contribution in [1.82, 2.24) is 10.2 Å². The largest absolute Gasteiger partial charge is 0.497 e. The first kappa shape index (κ1) is 15.3. The Kier molecular flexibility index (Phi) is 6.34. The van der Waals surface area contributed by atoms with Crippen LogP contribution in [0.2, 0.25) is 0 Å². The molecule has 1 saturated heterocycles. The lowest BCUT2D eigenvalue weighted by Crippen LogP contribution is -2.37. The Morgan fingerprint density at radius 2 is 1.90 bits per heavy atom. The van der Waals surface area contributed by atoms with E-state index in [1.165, 1.54) is 44.5 Å². The summed E-state index contributed by atoms with van der Waals surface area (Å²) in [6.07, 6.45) is 3.88. The Labute approximate surface area is 123 Å². The standard InChI is InChI=1S/C17H28N2O/c1-3-10-18-13-15-8-11-19(12-9-15)14-16-4-6-17(20-2)7-5-16/h4-7,15,18H,3,8-14H2,1-2H3. The lowest BCUT2D eigenvalue weighted by atomic mass is 9.96. The van der Waals surface area contributed by atoms with Gasteiger partial charge in [-0.2, -0.15) is 0 Å². The van der Waals surface area contributed by atoms with Crippen molar-refractivity contribution < 1.29 is 4.74 Å². The monoisotopic (exact) mass is 276 g/mol. The summed E-state index contributed by atoms with van der Waals surface area (Å²) in [4.78, 5) is 2.57. The molecule has 0 bridgehead atoms. The van der Waals surface area contributed by atoms with Crippen molar-refractivity contribution in [2.24, 2.45) is 5.92 Å². The van der Waals surface area contributed by atoms with Crippen LogP contribution < -0.4 is 10.1 Å². The molecule has 1 aliphatic heterocycles. The maximum atomic E-state index is 5.20. The van der Waals surface area contributed by atoms with Gasteiger partial charge in [0.1, 0.15) is 5.75 Å². The van der Waals surface area contributed by atoms with Gasteiger partial charge in [0.15, 0.2) is 0 Å². The number of piperidine rings is 1. The summed E-state index contributed by atoms with van der Waals surface area (Å²) in [5.41, 5.74) is 1.38. The van der Waals surface area contributed by atoms with Crippen molar-refractivity contribution in [3.63, 3.8) is 0 Å².